The molecule has 0 amide bonds. The van der Waals surface area contributed by atoms with Crippen molar-refractivity contribution in [2.75, 3.05) is 13.2 Å². The lowest BCUT2D eigenvalue weighted by Gasteiger charge is -2.14. The lowest BCUT2D eigenvalue weighted by atomic mass is 10.1. The Morgan fingerprint density at radius 1 is 1.59 bits per heavy atom. The Balaban J connectivity index is 2.33. The van der Waals surface area contributed by atoms with Crippen LogP contribution in [0.25, 0.3) is 0 Å². The second-order valence-corrected chi connectivity index (χ2v) is 3.62. The molecule has 5 nitrogen and oxygen atoms in total. The zero-order valence-electron chi connectivity index (χ0n) is 9.37. The van der Waals surface area contributed by atoms with E-state index in [1.165, 1.54) is 0 Å². The molecule has 1 heterocycles. The SMILES string of the molecule is Cn1cc(C(CCOCC(F)(F)F)NN)cn1. The number of nitrogens with zero attached hydrogens (tertiary/aromatic N) is 2. The average molecular weight is 252 g/mol. The summed E-state index contributed by atoms with van der Waals surface area (Å²) in [6, 6.07) is -0.267. The van der Waals surface area contributed by atoms with E-state index in [1.807, 2.05) is 0 Å². The third-order valence-corrected chi connectivity index (χ3v) is 2.14. The van der Waals surface area contributed by atoms with E-state index in [2.05, 4.69) is 15.3 Å². The Kier molecular flexibility index (Phi) is 4.91. The lowest BCUT2D eigenvalue weighted by molar-refractivity contribution is -0.174. The van der Waals surface area contributed by atoms with Gasteiger partial charge >= 0.3 is 6.18 Å². The van der Waals surface area contributed by atoms with Gasteiger partial charge in [0.1, 0.15) is 6.61 Å². The molecule has 0 aliphatic heterocycles. The maximum atomic E-state index is 11.8. The maximum absolute atomic E-state index is 11.8. The molecular formula is C9H15F3N4O. The van der Waals surface area contributed by atoms with Crippen LogP contribution in [0.3, 0.4) is 0 Å². The smallest absolute Gasteiger partial charge is 0.372 e. The first kappa shape index (κ1) is 13.9. The van der Waals surface area contributed by atoms with Crippen LogP contribution < -0.4 is 11.3 Å². The highest BCUT2D eigenvalue weighted by Gasteiger charge is 2.27. The summed E-state index contributed by atoms with van der Waals surface area (Å²) in [7, 11) is 1.75. The first-order valence-electron chi connectivity index (χ1n) is 5.01. The maximum Gasteiger partial charge on any atom is 0.411 e. The molecule has 98 valence electrons. The number of aromatic nitrogens is 2. The number of ether oxygens (including phenoxy) is 1. The molecule has 17 heavy (non-hydrogen) atoms. The molecule has 0 saturated carbocycles. The molecular weight excluding hydrogens is 237 g/mol. The van der Waals surface area contributed by atoms with Gasteiger partial charge in [-0.25, -0.2) is 0 Å². The van der Waals surface area contributed by atoms with Crippen molar-refractivity contribution in [3.63, 3.8) is 0 Å². The zero-order valence-corrected chi connectivity index (χ0v) is 9.37. The third kappa shape index (κ3) is 5.16. The van der Waals surface area contributed by atoms with E-state index in [9.17, 15) is 13.2 Å². The Labute approximate surface area is 96.7 Å². The normalized spacial score (nSPS) is 13.9. The van der Waals surface area contributed by atoms with Crippen LogP contribution in [0, 0.1) is 0 Å². The molecule has 3 N–H and O–H groups in total. The number of hydrogen-bond acceptors (Lipinski definition) is 4. The minimum absolute atomic E-state index is 0.0245. The van der Waals surface area contributed by atoms with E-state index in [0.717, 1.165) is 5.56 Å². The molecule has 1 aromatic rings. The molecule has 0 radical (unpaired) electrons. The summed E-state index contributed by atoms with van der Waals surface area (Å²) >= 11 is 0. The van der Waals surface area contributed by atoms with Crippen LogP contribution in [0.2, 0.25) is 0 Å². The Morgan fingerprint density at radius 3 is 2.76 bits per heavy atom. The van der Waals surface area contributed by atoms with Gasteiger partial charge in [0, 0.05) is 25.4 Å². The summed E-state index contributed by atoms with van der Waals surface area (Å²) < 4.78 is 41.5. The van der Waals surface area contributed by atoms with E-state index < -0.39 is 12.8 Å². The second kappa shape index (κ2) is 5.99. The predicted molar refractivity (Wildman–Crippen MR) is 54.8 cm³/mol. The average Bonchev–Trinajstić information content (AvgIpc) is 2.63. The molecule has 8 heteroatoms. The van der Waals surface area contributed by atoms with Gasteiger partial charge in [0.2, 0.25) is 0 Å². The van der Waals surface area contributed by atoms with Gasteiger partial charge in [-0.1, -0.05) is 0 Å². The highest BCUT2D eigenvalue weighted by atomic mass is 19.4. The summed E-state index contributed by atoms with van der Waals surface area (Å²) in [6.45, 7) is -1.26. The number of rotatable bonds is 6. The van der Waals surface area contributed by atoms with Crippen molar-refractivity contribution in [1.29, 1.82) is 0 Å². The molecule has 0 aliphatic rings. The molecule has 0 saturated heterocycles. The minimum atomic E-state index is -4.29. The predicted octanol–water partition coefficient (Wildman–Crippen LogP) is 0.894. The molecule has 1 rings (SSSR count). The van der Waals surface area contributed by atoms with Crippen LogP contribution in [0.5, 0.6) is 0 Å². The molecule has 0 fully saturated rings. The van der Waals surface area contributed by atoms with Gasteiger partial charge < -0.3 is 4.74 Å². The minimum Gasteiger partial charge on any atom is -0.372 e. The summed E-state index contributed by atoms with van der Waals surface area (Å²) in [5.41, 5.74) is 3.33. The van der Waals surface area contributed by atoms with Crippen molar-refractivity contribution in [1.82, 2.24) is 15.2 Å². The van der Waals surface area contributed by atoms with Gasteiger partial charge in [-0.3, -0.25) is 16.0 Å². The number of alkyl halides is 3. The fraction of sp³-hybridized carbons (Fsp3) is 0.667. The van der Waals surface area contributed by atoms with E-state index >= 15 is 0 Å². The summed E-state index contributed by atoms with van der Waals surface area (Å²) in [6.07, 6.45) is -0.596. The van der Waals surface area contributed by atoms with Crippen LogP contribution in [0.1, 0.15) is 18.0 Å². The Hall–Kier alpha value is -1.12. The quantitative estimate of drug-likeness (QED) is 0.448. The van der Waals surface area contributed by atoms with Gasteiger partial charge in [-0.2, -0.15) is 18.3 Å². The van der Waals surface area contributed by atoms with Gasteiger partial charge in [0.15, 0.2) is 0 Å². The van der Waals surface area contributed by atoms with Crippen LogP contribution in [-0.4, -0.2) is 29.2 Å². The van der Waals surface area contributed by atoms with E-state index in [0.29, 0.717) is 6.42 Å². The standard InChI is InChI=1S/C9H15F3N4O/c1-16-5-7(4-14-16)8(15-13)2-3-17-6-9(10,11)12/h4-5,8,15H,2-3,6,13H2,1H3. The largest absolute Gasteiger partial charge is 0.411 e. The topological polar surface area (TPSA) is 65.1 Å². The Bertz CT molecular complexity index is 339. The highest BCUT2D eigenvalue weighted by molar-refractivity contribution is 5.09. The van der Waals surface area contributed by atoms with Crippen molar-refractivity contribution in [3.05, 3.63) is 18.0 Å². The van der Waals surface area contributed by atoms with Crippen molar-refractivity contribution in [2.24, 2.45) is 12.9 Å². The van der Waals surface area contributed by atoms with E-state index in [-0.39, 0.29) is 12.6 Å². The van der Waals surface area contributed by atoms with Crippen molar-refractivity contribution < 1.29 is 17.9 Å². The number of aryl methyl sites for hydroxylation is 1. The number of nitrogens with one attached hydrogen (secondary N) is 1. The van der Waals surface area contributed by atoms with Crippen LogP contribution in [0.15, 0.2) is 12.4 Å². The van der Waals surface area contributed by atoms with Crippen molar-refractivity contribution >= 4 is 0 Å². The monoisotopic (exact) mass is 252 g/mol. The number of hydrazine groups is 1. The molecule has 0 aliphatic carbocycles. The van der Waals surface area contributed by atoms with Crippen LogP contribution in [0.4, 0.5) is 13.2 Å². The van der Waals surface area contributed by atoms with Gasteiger partial charge in [0.05, 0.1) is 12.2 Å². The lowest BCUT2D eigenvalue weighted by Crippen LogP contribution is -2.29. The molecule has 0 spiro atoms. The van der Waals surface area contributed by atoms with Gasteiger partial charge in [-0.15, -0.1) is 0 Å². The van der Waals surface area contributed by atoms with E-state index in [4.69, 9.17) is 5.84 Å². The Morgan fingerprint density at radius 2 is 2.29 bits per heavy atom. The number of nitrogens with two attached hydrogens (primary N) is 1. The first-order valence-corrected chi connectivity index (χ1v) is 5.01. The molecule has 0 aromatic carbocycles. The van der Waals surface area contributed by atoms with E-state index in [1.54, 1.807) is 24.1 Å². The zero-order chi connectivity index (χ0) is 12.9. The molecule has 1 atom stereocenters. The summed E-state index contributed by atoms with van der Waals surface area (Å²) in [5.74, 6) is 5.32. The van der Waals surface area contributed by atoms with Crippen molar-refractivity contribution in [2.45, 2.75) is 18.6 Å². The molecule has 0 bridgehead atoms. The van der Waals surface area contributed by atoms with Crippen molar-refractivity contribution in [3.8, 4) is 0 Å². The fourth-order valence-corrected chi connectivity index (χ4v) is 1.36. The summed E-state index contributed by atoms with van der Waals surface area (Å²) in [5, 5.41) is 3.95. The second-order valence-electron chi connectivity index (χ2n) is 3.62. The first-order chi connectivity index (χ1) is 7.92. The molecule has 1 unspecified atom stereocenters. The summed E-state index contributed by atoms with van der Waals surface area (Å²) in [4.78, 5) is 0. The molecule has 1 aromatic heterocycles. The van der Waals surface area contributed by atoms with Crippen LogP contribution in [-0.2, 0) is 11.8 Å². The number of halogens is 3. The fourth-order valence-electron chi connectivity index (χ4n) is 1.36. The van der Waals surface area contributed by atoms with Gasteiger partial charge in [0.25, 0.3) is 0 Å². The highest BCUT2D eigenvalue weighted by Crippen LogP contribution is 2.17. The van der Waals surface area contributed by atoms with Crippen LogP contribution >= 0.6 is 0 Å². The third-order valence-electron chi connectivity index (χ3n) is 2.14. The van der Waals surface area contributed by atoms with Gasteiger partial charge in [-0.05, 0) is 6.42 Å². The number of hydrogen-bond donors (Lipinski definition) is 2.